The molecule has 202 valence electrons. The van der Waals surface area contributed by atoms with Crippen LogP contribution in [0.15, 0.2) is 69.6 Å². The summed E-state index contributed by atoms with van der Waals surface area (Å²) in [6.45, 7) is 5.90. The van der Waals surface area contributed by atoms with Crippen molar-refractivity contribution in [2.24, 2.45) is 11.1 Å². The molecular weight excluding hydrogens is 566 g/mol. The highest BCUT2D eigenvalue weighted by Gasteiger charge is 2.63. The van der Waals surface area contributed by atoms with Crippen molar-refractivity contribution in [3.63, 3.8) is 0 Å². The average molecular weight is 594 g/mol. The van der Waals surface area contributed by atoms with Crippen LogP contribution in [0, 0.1) is 5.41 Å². The molecule has 39 heavy (non-hydrogen) atoms. The number of carbonyl (C=O) groups excluding carboxylic acids is 4. The Bertz CT molecular complexity index is 1510. The zero-order valence-corrected chi connectivity index (χ0v) is 23.6. The van der Waals surface area contributed by atoms with E-state index < -0.39 is 28.7 Å². The number of methoxy groups -OCH3 is 1. The summed E-state index contributed by atoms with van der Waals surface area (Å²) >= 11 is 3.47. The Balaban J connectivity index is 1.84. The fourth-order valence-corrected chi connectivity index (χ4v) is 6.23. The van der Waals surface area contributed by atoms with Gasteiger partial charge in [-0.05, 0) is 61.2 Å². The molecule has 0 radical (unpaired) electrons. The van der Waals surface area contributed by atoms with Crippen molar-refractivity contribution < 1.29 is 28.7 Å². The number of hydrogen-bond donors (Lipinski definition) is 2. The molecule has 0 saturated heterocycles. The number of nitrogens with one attached hydrogen (secondary N) is 1. The number of nitrogens with zero attached hydrogens (tertiary/aromatic N) is 1. The number of ether oxygens (including phenoxy) is 2. The molecule has 2 aromatic rings. The third-order valence-corrected chi connectivity index (χ3v) is 7.86. The van der Waals surface area contributed by atoms with Crippen LogP contribution in [0.5, 0.6) is 0 Å². The second-order valence-corrected chi connectivity index (χ2v) is 11.4. The summed E-state index contributed by atoms with van der Waals surface area (Å²) in [6, 6.07) is 11.7. The van der Waals surface area contributed by atoms with Gasteiger partial charge in [-0.3, -0.25) is 14.5 Å². The van der Waals surface area contributed by atoms with Gasteiger partial charge in [-0.1, -0.05) is 29.8 Å². The van der Waals surface area contributed by atoms with Crippen molar-refractivity contribution in [3.05, 3.63) is 80.7 Å². The Kier molecular flexibility index (Phi) is 6.41. The maximum absolute atomic E-state index is 14.0. The number of halogens is 1. The van der Waals surface area contributed by atoms with Crippen LogP contribution in [0.3, 0.4) is 0 Å². The Hall–Kier alpha value is -3.92. The van der Waals surface area contributed by atoms with Gasteiger partial charge in [0.1, 0.15) is 16.8 Å². The van der Waals surface area contributed by atoms with Crippen molar-refractivity contribution in [2.45, 2.75) is 39.0 Å². The average Bonchev–Trinajstić information content (AvgIpc) is 3.14. The third-order valence-electron chi connectivity index (χ3n) is 7.37. The quantitative estimate of drug-likeness (QED) is 0.501. The number of Topliss-reactive ketones (excluding diaryl/α,β-unsaturated/α-hetero) is 1. The SMILES string of the molecule is CCOC(=O)c1ccc(N2C(N)=C(C(=O)OC)C3(C(=O)Nc4ccc(Br)cc43)C3=C2CC(C)(C)CC3=O)cc1. The fraction of sp³-hybridized carbons (Fsp3) is 0.310. The molecule has 0 aromatic heterocycles. The van der Waals surface area contributed by atoms with E-state index in [1.807, 2.05) is 13.8 Å². The molecule has 2 heterocycles. The summed E-state index contributed by atoms with van der Waals surface area (Å²) in [7, 11) is 1.21. The van der Waals surface area contributed by atoms with E-state index >= 15 is 0 Å². The molecule has 2 aromatic carbocycles. The first-order chi connectivity index (χ1) is 18.5. The van der Waals surface area contributed by atoms with E-state index in [2.05, 4.69) is 21.2 Å². The summed E-state index contributed by atoms with van der Waals surface area (Å²) < 4.78 is 10.9. The predicted molar refractivity (Wildman–Crippen MR) is 148 cm³/mol. The first-order valence-corrected chi connectivity index (χ1v) is 13.3. The number of anilines is 2. The van der Waals surface area contributed by atoms with E-state index in [0.29, 0.717) is 39.1 Å². The highest BCUT2D eigenvalue weighted by molar-refractivity contribution is 9.10. The summed E-state index contributed by atoms with van der Waals surface area (Å²) in [4.78, 5) is 55.4. The lowest BCUT2D eigenvalue weighted by Gasteiger charge is -2.47. The van der Waals surface area contributed by atoms with Gasteiger partial charge in [-0.2, -0.15) is 0 Å². The number of benzene rings is 2. The van der Waals surface area contributed by atoms with Crippen LogP contribution in [-0.4, -0.2) is 37.3 Å². The van der Waals surface area contributed by atoms with Crippen molar-refractivity contribution in [3.8, 4) is 0 Å². The highest BCUT2D eigenvalue weighted by atomic mass is 79.9. The number of rotatable bonds is 4. The van der Waals surface area contributed by atoms with E-state index in [-0.39, 0.29) is 35.8 Å². The molecular formula is C29H28BrN3O6. The van der Waals surface area contributed by atoms with Crippen LogP contribution in [0.1, 0.15) is 49.5 Å². The molecule has 5 rings (SSSR count). The molecule has 1 amide bonds. The Morgan fingerprint density at radius 2 is 1.77 bits per heavy atom. The van der Waals surface area contributed by atoms with Gasteiger partial charge in [-0.25, -0.2) is 9.59 Å². The van der Waals surface area contributed by atoms with Crippen LogP contribution in [0.4, 0.5) is 11.4 Å². The van der Waals surface area contributed by atoms with Gasteiger partial charge in [0.25, 0.3) is 0 Å². The lowest BCUT2D eigenvalue weighted by Crippen LogP contribution is -2.54. The van der Waals surface area contributed by atoms with Crippen LogP contribution in [-0.2, 0) is 29.3 Å². The van der Waals surface area contributed by atoms with Gasteiger partial charge >= 0.3 is 11.9 Å². The Labute approximate surface area is 234 Å². The first-order valence-electron chi connectivity index (χ1n) is 12.5. The lowest BCUT2D eigenvalue weighted by molar-refractivity contribution is -0.138. The van der Waals surface area contributed by atoms with E-state index in [4.69, 9.17) is 15.2 Å². The van der Waals surface area contributed by atoms with Crippen LogP contribution >= 0.6 is 15.9 Å². The van der Waals surface area contributed by atoms with Gasteiger partial charge < -0.3 is 20.5 Å². The maximum atomic E-state index is 14.0. The zero-order chi connectivity index (χ0) is 28.3. The molecule has 0 saturated carbocycles. The number of ketones is 1. The van der Waals surface area contributed by atoms with E-state index in [1.165, 1.54) is 7.11 Å². The monoisotopic (exact) mass is 593 g/mol. The number of allylic oxidation sites excluding steroid dienone is 1. The summed E-state index contributed by atoms with van der Waals surface area (Å²) in [5, 5.41) is 2.86. The molecule has 3 N–H and O–H groups in total. The minimum Gasteiger partial charge on any atom is -0.466 e. The zero-order valence-electron chi connectivity index (χ0n) is 22.0. The normalized spacial score (nSPS) is 21.5. The highest BCUT2D eigenvalue weighted by Crippen LogP contribution is 2.57. The Morgan fingerprint density at radius 3 is 2.41 bits per heavy atom. The van der Waals surface area contributed by atoms with E-state index in [0.717, 1.165) is 0 Å². The van der Waals surface area contributed by atoms with E-state index in [9.17, 15) is 19.2 Å². The molecule has 3 aliphatic rings. The largest absolute Gasteiger partial charge is 0.466 e. The molecule has 9 nitrogen and oxygen atoms in total. The molecule has 0 bridgehead atoms. The molecule has 1 spiro atoms. The van der Waals surface area contributed by atoms with Gasteiger partial charge in [0.15, 0.2) is 5.78 Å². The summed E-state index contributed by atoms with van der Waals surface area (Å²) in [6.07, 6.45) is 0.579. The molecule has 2 aliphatic heterocycles. The maximum Gasteiger partial charge on any atom is 0.339 e. The Morgan fingerprint density at radius 1 is 1.08 bits per heavy atom. The topological polar surface area (TPSA) is 128 Å². The van der Waals surface area contributed by atoms with Crippen molar-refractivity contribution in [1.29, 1.82) is 0 Å². The van der Waals surface area contributed by atoms with Crippen LogP contribution in [0.25, 0.3) is 0 Å². The molecule has 1 unspecified atom stereocenters. The van der Waals surface area contributed by atoms with Crippen LogP contribution < -0.4 is 16.0 Å². The lowest BCUT2D eigenvalue weighted by atomic mass is 9.60. The van der Waals surface area contributed by atoms with Gasteiger partial charge in [0.2, 0.25) is 5.91 Å². The first kappa shape index (κ1) is 26.7. The second-order valence-electron chi connectivity index (χ2n) is 10.5. The van der Waals surface area contributed by atoms with Crippen molar-refractivity contribution in [1.82, 2.24) is 0 Å². The van der Waals surface area contributed by atoms with Gasteiger partial charge in [-0.15, -0.1) is 0 Å². The minimum atomic E-state index is -1.79. The van der Waals surface area contributed by atoms with Crippen molar-refractivity contribution >= 4 is 50.9 Å². The smallest absolute Gasteiger partial charge is 0.339 e. The molecule has 10 heteroatoms. The predicted octanol–water partition coefficient (Wildman–Crippen LogP) is 4.32. The van der Waals surface area contributed by atoms with Gasteiger partial charge in [0, 0.05) is 39.1 Å². The number of fused-ring (bicyclic) bond motifs is 3. The number of nitrogens with two attached hydrogens (primary N) is 1. The minimum absolute atomic E-state index is 0.0297. The summed E-state index contributed by atoms with van der Waals surface area (Å²) in [5.41, 5.74) is 6.93. The molecule has 0 fully saturated rings. The van der Waals surface area contributed by atoms with Crippen LogP contribution in [0.2, 0.25) is 0 Å². The number of carbonyl (C=O) groups is 4. The second kappa shape index (κ2) is 9.37. The third kappa shape index (κ3) is 3.96. The molecule has 1 aliphatic carbocycles. The van der Waals surface area contributed by atoms with E-state index in [1.54, 1.807) is 54.3 Å². The fourth-order valence-electron chi connectivity index (χ4n) is 5.87. The molecule has 1 atom stereocenters. The van der Waals surface area contributed by atoms with Crippen molar-refractivity contribution in [2.75, 3.05) is 23.9 Å². The number of amides is 1. The standard InChI is InChI=1S/C29H28BrN3O6/c1-5-39-25(35)15-6-9-17(10-7-15)33-20-13-28(2,3)14-21(34)22(20)29(23(24(33)31)26(36)38-4)18-12-16(30)8-11-19(18)32-27(29)37/h6-12H,5,13-14,31H2,1-4H3,(H,32,37). The number of esters is 2. The summed E-state index contributed by atoms with van der Waals surface area (Å²) in [5.74, 6) is -2.13. The van der Waals surface area contributed by atoms with Gasteiger partial charge in [0.05, 0.1) is 19.3 Å². The number of hydrogen-bond acceptors (Lipinski definition) is 8.